The summed E-state index contributed by atoms with van der Waals surface area (Å²) in [5.41, 5.74) is 0. The van der Waals surface area contributed by atoms with E-state index in [-0.39, 0.29) is 6.10 Å². The van der Waals surface area contributed by atoms with Gasteiger partial charge in [0.25, 0.3) is 0 Å². The first-order chi connectivity index (χ1) is 9.34. The largest absolute Gasteiger partial charge is 0.387 e. The molecule has 1 fully saturated rings. The second-order valence-corrected chi connectivity index (χ2v) is 5.81. The summed E-state index contributed by atoms with van der Waals surface area (Å²) >= 11 is 1.63. The Kier molecular flexibility index (Phi) is 3.75. The van der Waals surface area contributed by atoms with Crippen LogP contribution in [0.3, 0.4) is 0 Å². The maximum atomic E-state index is 10.4. The fourth-order valence-electron chi connectivity index (χ4n) is 2.56. The molecule has 1 aliphatic rings. The molecule has 1 N–H and O–H groups in total. The number of thiophene rings is 1. The van der Waals surface area contributed by atoms with E-state index in [0.29, 0.717) is 5.92 Å². The van der Waals surface area contributed by atoms with E-state index in [9.17, 15) is 5.11 Å². The van der Waals surface area contributed by atoms with Gasteiger partial charge in [-0.25, -0.2) is 9.97 Å². The van der Waals surface area contributed by atoms with E-state index in [1.165, 1.54) is 0 Å². The van der Waals surface area contributed by atoms with E-state index in [4.69, 9.17) is 0 Å². The zero-order valence-corrected chi connectivity index (χ0v) is 11.5. The Bertz CT molecular complexity index is 495. The van der Waals surface area contributed by atoms with Crippen molar-refractivity contribution in [1.82, 2.24) is 9.97 Å². The first-order valence-electron chi connectivity index (χ1n) is 6.58. The Morgan fingerprint density at radius 2 is 1.95 bits per heavy atom. The van der Waals surface area contributed by atoms with Crippen molar-refractivity contribution in [2.45, 2.75) is 18.9 Å². The van der Waals surface area contributed by atoms with Gasteiger partial charge in [0.2, 0.25) is 5.95 Å². The molecule has 2 aromatic heterocycles. The minimum absolute atomic E-state index is 0.321. The SMILES string of the molecule is OC(c1cccs1)C1CCN(c2ncccn2)CC1. The van der Waals surface area contributed by atoms with Gasteiger partial charge in [-0.2, -0.15) is 0 Å². The Morgan fingerprint density at radius 3 is 2.58 bits per heavy atom. The summed E-state index contributed by atoms with van der Waals surface area (Å²) in [5.74, 6) is 1.14. The average Bonchev–Trinajstić information content (AvgIpc) is 3.02. The zero-order valence-electron chi connectivity index (χ0n) is 10.6. The van der Waals surface area contributed by atoms with Crippen molar-refractivity contribution in [3.63, 3.8) is 0 Å². The second-order valence-electron chi connectivity index (χ2n) is 4.83. The lowest BCUT2D eigenvalue weighted by atomic mass is 9.90. The Labute approximate surface area is 116 Å². The fourth-order valence-corrected chi connectivity index (χ4v) is 3.36. The molecule has 100 valence electrons. The topological polar surface area (TPSA) is 49.2 Å². The van der Waals surface area contributed by atoms with Gasteiger partial charge in [-0.1, -0.05) is 6.07 Å². The minimum atomic E-state index is -0.321. The molecule has 0 aliphatic carbocycles. The summed E-state index contributed by atoms with van der Waals surface area (Å²) in [6, 6.07) is 5.84. The number of rotatable bonds is 3. The van der Waals surface area contributed by atoms with Gasteiger partial charge in [0.1, 0.15) is 0 Å². The highest BCUT2D eigenvalue weighted by molar-refractivity contribution is 7.10. The summed E-state index contributed by atoms with van der Waals surface area (Å²) in [6.45, 7) is 1.83. The molecular weight excluding hydrogens is 258 g/mol. The monoisotopic (exact) mass is 275 g/mol. The summed E-state index contributed by atoms with van der Waals surface area (Å²) in [7, 11) is 0. The molecule has 0 aromatic carbocycles. The van der Waals surface area contributed by atoms with Crippen LogP contribution in [0.1, 0.15) is 23.8 Å². The van der Waals surface area contributed by atoms with Crippen molar-refractivity contribution in [2.24, 2.45) is 5.92 Å². The van der Waals surface area contributed by atoms with Crippen LogP contribution in [-0.2, 0) is 0 Å². The Morgan fingerprint density at radius 1 is 1.21 bits per heavy atom. The van der Waals surface area contributed by atoms with Crippen LogP contribution in [0.2, 0.25) is 0 Å². The van der Waals surface area contributed by atoms with Crippen LogP contribution < -0.4 is 4.90 Å². The number of anilines is 1. The van der Waals surface area contributed by atoms with Gasteiger partial charge in [-0.05, 0) is 36.3 Å². The van der Waals surface area contributed by atoms with E-state index in [1.54, 1.807) is 23.7 Å². The number of piperidine rings is 1. The van der Waals surface area contributed by atoms with Gasteiger partial charge >= 0.3 is 0 Å². The van der Waals surface area contributed by atoms with Crippen LogP contribution in [0.25, 0.3) is 0 Å². The molecule has 1 aliphatic heterocycles. The minimum Gasteiger partial charge on any atom is -0.387 e. The van der Waals surface area contributed by atoms with Gasteiger partial charge in [0, 0.05) is 30.4 Å². The third-order valence-electron chi connectivity index (χ3n) is 3.66. The first kappa shape index (κ1) is 12.6. The smallest absolute Gasteiger partial charge is 0.225 e. The molecule has 5 heteroatoms. The van der Waals surface area contributed by atoms with E-state index in [1.807, 2.05) is 23.6 Å². The summed E-state index contributed by atoms with van der Waals surface area (Å²) in [4.78, 5) is 11.8. The summed E-state index contributed by atoms with van der Waals surface area (Å²) in [5, 5.41) is 12.4. The highest BCUT2D eigenvalue weighted by Gasteiger charge is 2.27. The molecular formula is C14H17N3OS. The van der Waals surface area contributed by atoms with E-state index in [0.717, 1.165) is 36.8 Å². The predicted octanol–water partition coefficient (Wildman–Crippen LogP) is 2.49. The van der Waals surface area contributed by atoms with E-state index < -0.39 is 0 Å². The number of aliphatic hydroxyl groups is 1. The molecule has 4 nitrogen and oxygen atoms in total. The number of hydrogen-bond acceptors (Lipinski definition) is 5. The third-order valence-corrected chi connectivity index (χ3v) is 4.60. The van der Waals surface area contributed by atoms with Crippen LogP contribution in [0.4, 0.5) is 5.95 Å². The maximum Gasteiger partial charge on any atom is 0.225 e. The number of aromatic nitrogens is 2. The van der Waals surface area contributed by atoms with Crippen LogP contribution in [0, 0.1) is 5.92 Å². The molecule has 0 radical (unpaired) electrons. The van der Waals surface area contributed by atoms with Crippen LogP contribution >= 0.6 is 11.3 Å². The molecule has 0 spiro atoms. The second kappa shape index (κ2) is 5.67. The fraction of sp³-hybridized carbons (Fsp3) is 0.429. The van der Waals surface area contributed by atoms with Gasteiger partial charge in [-0.3, -0.25) is 0 Å². The molecule has 1 atom stereocenters. The molecule has 3 heterocycles. The van der Waals surface area contributed by atoms with Crippen LogP contribution in [-0.4, -0.2) is 28.2 Å². The lowest BCUT2D eigenvalue weighted by Crippen LogP contribution is -2.36. The summed E-state index contributed by atoms with van der Waals surface area (Å²) < 4.78 is 0. The normalized spacial score (nSPS) is 18.5. The highest BCUT2D eigenvalue weighted by Crippen LogP contribution is 2.33. The molecule has 0 saturated carbocycles. The van der Waals surface area contributed by atoms with E-state index in [2.05, 4.69) is 14.9 Å². The Balaban J connectivity index is 1.61. The van der Waals surface area contributed by atoms with Crippen molar-refractivity contribution in [3.05, 3.63) is 40.8 Å². The molecule has 1 saturated heterocycles. The van der Waals surface area contributed by atoms with Crippen molar-refractivity contribution in [2.75, 3.05) is 18.0 Å². The standard InChI is InChI=1S/C14H17N3OS/c18-13(12-3-1-10-19-12)11-4-8-17(9-5-11)14-15-6-2-7-16-14/h1-3,6-7,10-11,13,18H,4-5,8-9H2. The Hall–Kier alpha value is -1.46. The molecule has 3 rings (SSSR count). The van der Waals surface area contributed by atoms with Gasteiger partial charge in [0.15, 0.2) is 0 Å². The lowest BCUT2D eigenvalue weighted by molar-refractivity contribution is 0.0959. The molecule has 0 bridgehead atoms. The number of aliphatic hydroxyl groups excluding tert-OH is 1. The summed E-state index contributed by atoms with van der Waals surface area (Å²) in [6.07, 6.45) is 5.19. The maximum absolute atomic E-state index is 10.4. The van der Waals surface area contributed by atoms with Gasteiger partial charge in [0.05, 0.1) is 6.10 Å². The molecule has 2 aromatic rings. The van der Waals surface area contributed by atoms with Crippen molar-refractivity contribution in [1.29, 1.82) is 0 Å². The van der Waals surface area contributed by atoms with Crippen molar-refractivity contribution in [3.8, 4) is 0 Å². The van der Waals surface area contributed by atoms with Crippen molar-refractivity contribution >= 4 is 17.3 Å². The number of nitrogens with zero attached hydrogens (tertiary/aromatic N) is 3. The van der Waals surface area contributed by atoms with Crippen LogP contribution in [0.15, 0.2) is 36.0 Å². The van der Waals surface area contributed by atoms with Gasteiger partial charge in [-0.15, -0.1) is 11.3 Å². The predicted molar refractivity (Wildman–Crippen MR) is 76.2 cm³/mol. The van der Waals surface area contributed by atoms with Crippen LogP contribution in [0.5, 0.6) is 0 Å². The zero-order chi connectivity index (χ0) is 13.1. The van der Waals surface area contributed by atoms with Crippen molar-refractivity contribution < 1.29 is 5.11 Å². The first-order valence-corrected chi connectivity index (χ1v) is 7.46. The average molecular weight is 275 g/mol. The quantitative estimate of drug-likeness (QED) is 0.935. The highest BCUT2D eigenvalue weighted by atomic mass is 32.1. The lowest BCUT2D eigenvalue weighted by Gasteiger charge is -2.33. The third kappa shape index (κ3) is 2.77. The molecule has 1 unspecified atom stereocenters. The van der Waals surface area contributed by atoms with E-state index >= 15 is 0 Å². The number of hydrogen-bond donors (Lipinski definition) is 1. The molecule has 0 amide bonds. The molecule has 19 heavy (non-hydrogen) atoms. The van der Waals surface area contributed by atoms with Gasteiger partial charge < -0.3 is 10.0 Å².